The first-order valence-corrected chi connectivity index (χ1v) is 15.1. The molecule has 0 spiro atoms. The van der Waals surface area contributed by atoms with Gasteiger partial charge in [0.05, 0.1) is 0 Å². The quantitative estimate of drug-likeness (QED) is 0.195. The highest BCUT2D eigenvalue weighted by atomic mass is 19.4. The molecule has 0 aromatic rings. The fraction of sp³-hybridized carbons (Fsp3) is 0.931. The zero-order valence-electron chi connectivity index (χ0n) is 25.3. The van der Waals surface area contributed by atoms with E-state index in [1.807, 2.05) is 13.8 Å². The second kappa shape index (κ2) is 11.5. The standard InChI is InChI=1S/C29H34F14O4/c1-13(46-20(44)24(30,31)26(34,35)28(38,39)40)17-6-7-18-16-5-4-14-12-15(8-10-22(14,2)19(16)9-11-23(17,18)3)47-21(45)25(32,33)27(36,37)29(41,42)43/h13-19H,4-12H2,1-3H3/t13-,14+,15+,16?,17-,18?,19?,22+,23-/m1/s1. The number of carbonyl (C=O) groups excluding carboxylic acids is 2. The highest BCUT2D eigenvalue weighted by Crippen LogP contribution is 2.68. The SMILES string of the molecule is C[C@@H](OC(=O)C(F)(F)C(F)(F)C(F)(F)F)[C@H]1CCC2C3CC[C@H]4C[C@@H](OC(=O)C(F)(F)C(F)(F)C(F)(F)F)CC[C@]4(C)C3CC[C@@]21C. The molecule has 0 bridgehead atoms. The van der Waals surface area contributed by atoms with Gasteiger partial charge in [-0.25, -0.2) is 9.59 Å². The monoisotopic (exact) mass is 712 g/mol. The Balaban J connectivity index is 1.43. The second-order valence-electron chi connectivity index (χ2n) is 14.1. The van der Waals surface area contributed by atoms with Crippen LogP contribution in [0.15, 0.2) is 0 Å². The zero-order valence-corrected chi connectivity index (χ0v) is 25.3. The highest BCUT2D eigenvalue weighted by molar-refractivity contribution is 5.79. The van der Waals surface area contributed by atoms with Crippen molar-refractivity contribution in [1.29, 1.82) is 0 Å². The maximum atomic E-state index is 14.0. The van der Waals surface area contributed by atoms with E-state index in [-0.39, 0.29) is 42.9 Å². The van der Waals surface area contributed by atoms with Crippen LogP contribution in [0.25, 0.3) is 0 Å². The Morgan fingerprint density at radius 3 is 1.66 bits per heavy atom. The summed E-state index contributed by atoms with van der Waals surface area (Å²) >= 11 is 0. The lowest BCUT2D eigenvalue weighted by Crippen LogP contribution is -2.58. The predicted octanol–water partition coefficient (Wildman–Crippen LogP) is 9.15. The average Bonchev–Trinajstić information content (AvgIpc) is 3.29. The van der Waals surface area contributed by atoms with Crippen LogP contribution >= 0.6 is 0 Å². The zero-order chi connectivity index (χ0) is 36.0. The van der Waals surface area contributed by atoms with Crippen LogP contribution in [0.5, 0.6) is 0 Å². The molecule has 0 radical (unpaired) electrons. The van der Waals surface area contributed by atoms with Gasteiger partial charge in [0.1, 0.15) is 12.2 Å². The molecule has 0 aromatic heterocycles. The number of hydrogen-bond donors (Lipinski definition) is 0. The molecule has 4 nitrogen and oxygen atoms in total. The molecule has 0 saturated heterocycles. The summed E-state index contributed by atoms with van der Waals surface area (Å²) < 4.78 is 193. The largest absolute Gasteiger partial charge is 0.460 e. The third kappa shape index (κ3) is 5.76. The Kier molecular flexibility index (Phi) is 9.25. The smallest absolute Gasteiger partial charge is 0.458 e. The summed E-state index contributed by atoms with van der Waals surface area (Å²) in [5.74, 6) is -32.6. The molecule has 18 heteroatoms. The molecule has 47 heavy (non-hydrogen) atoms. The van der Waals surface area contributed by atoms with Crippen LogP contribution in [-0.2, 0) is 19.1 Å². The highest BCUT2D eigenvalue weighted by Gasteiger charge is 2.78. The third-order valence-electron chi connectivity index (χ3n) is 11.8. The maximum Gasteiger partial charge on any atom is 0.460 e. The van der Waals surface area contributed by atoms with Gasteiger partial charge in [-0.1, -0.05) is 13.8 Å². The van der Waals surface area contributed by atoms with Crippen LogP contribution in [0.3, 0.4) is 0 Å². The first kappa shape index (κ1) is 37.8. The van der Waals surface area contributed by atoms with Gasteiger partial charge in [-0.3, -0.25) is 0 Å². The number of carbonyl (C=O) groups is 2. The van der Waals surface area contributed by atoms with Crippen molar-refractivity contribution in [2.45, 2.75) is 127 Å². The number of halogens is 14. The molecule has 4 saturated carbocycles. The molecule has 0 aliphatic heterocycles. The number of rotatable bonds is 7. The minimum absolute atomic E-state index is 0.00665. The van der Waals surface area contributed by atoms with E-state index >= 15 is 0 Å². The van der Waals surface area contributed by atoms with Gasteiger partial charge < -0.3 is 9.47 Å². The van der Waals surface area contributed by atoms with Gasteiger partial charge in [0.15, 0.2) is 0 Å². The maximum absolute atomic E-state index is 14.0. The molecule has 272 valence electrons. The van der Waals surface area contributed by atoms with E-state index in [4.69, 9.17) is 0 Å². The van der Waals surface area contributed by atoms with E-state index in [1.165, 1.54) is 6.92 Å². The molecule has 3 unspecified atom stereocenters. The normalized spacial score (nSPS) is 36.1. The Labute approximate surface area is 260 Å². The second-order valence-corrected chi connectivity index (χ2v) is 14.1. The fourth-order valence-corrected chi connectivity index (χ4v) is 9.30. The van der Waals surface area contributed by atoms with Crippen LogP contribution in [0.2, 0.25) is 0 Å². The summed E-state index contributed by atoms with van der Waals surface area (Å²) in [5.41, 5.74) is -1.15. The molecule has 4 fully saturated rings. The van der Waals surface area contributed by atoms with Crippen molar-refractivity contribution >= 4 is 11.9 Å². The Hall–Kier alpha value is -2.04. The van der Waals surface area contributed by atoms with Crippen LogP contribution in [0.1, 0.15) is 78.6 Å². The molecule has 4 rings (SSSR count). The van der Waals surface area contributed by atoms with E-state index in [1.54, 1.807) is 0 Å². The minimum Gasteiger partial charge on any atom is -0.458 e. The van der Waals surface area contributed by atoms with Gasteiger partial charge in [0, 0.05) is 5.92 Å². The van der Waals surface area contributed by atoms with Crippen molar-refractivity contribution < 1.29 is 80.5 Å². The van der Waals surface area contributed by atoms with Gasteiger partial charge in [-0.05, 0) is 99.2 Å². The van der Waals surface area contributed by atoms with Crippen LogP contribution in [0, 0.1) is 40.4 Å². The van der Waals surface area contributed by atoms with Gasteiger partial charge >= 0.3 is 48.0 Å². The van der Waals surface area contributed by atoms with Crippen molar-refractivity contribution in [2.75, 3.05) is 0 Å². The van der Waals surface area contributed by atoms with Crippen molar-refractivity contribution in [3.05, 3.63) is 0 Å². The molecular formula is C29H34F14O4. The van der Waals surface area contributed by atoms with Gasteiger partial charge in [-0.15, -0.1) is 0 Å². The predicted molar refractivity (Wildman–Crippen MR) is 133 cm³/mol. The summed E-state index contributed by atoms with van der Waals surface area (Å²) in [4.78, 5) is 23.8. The number of alkyl halides is 14. The lowest BCUT2D eigenvalue weighted by atomic mass is 9.44. The number of ether oxygens (including phenoxy) is 2. The lowest BCUT2D eigenvalue weighted by molar-refractivity contribution is -0.349. The van der Waals surface area contributed by atoms with E-state index in [2.05, 4.69) is 9.47 Å². The fourth-order valence-electron chi connectivity index (χ4n) is 9.30. The number of fused-ring (bicyclic) bond motifs is 5. The molecule has 0 heterocycles. The van der Waals surface area contributed by atoms with Crippen molar-refractivity contribution in [3.8, 4) is 0 Å². The molecule has 4 aliphatic rings. The Morgan fingerprint density at radius 1 is 0.638 bits per heavy atom. The van der Waals surface area contributed by atoms with Gasteiger partial charge in [0.25, 0.3) is 0 Å². The average molecular weight is 713 g/mol. The van der Waals surface area contributed by atoms with Gasteiger partial charge in [-0.2, -0.15) is 61.5 Å². The molecule has 0 aromatic carbocycles. The summed E-state index contributed by atoms with van der Waals surface area (Å²) in [7, 11) is 0. The van der Waals surface area contributed by atoms with Gasteiger partial charge in [0.2, 0.25) is 0 Å². The molecule has 4 aliphatic carbocycles. The molecule has 9 atom stereocenters. The van der Waals surface area contributed by atoms with E-state index < -0.39 is 76.9 Å². The number of esters is 2. The first-order valence-electron chi connectivity index (χ1n) is 15.1. The van der Waals surface area contributed by atoms with Crippen molar-refractivity contribution in [3.63, 3.8) is 0 Å². The van der Waals surface area contributed by atoms with Crippen LogP contribution in [-0.4, -0.2) is 60.2 Å². The summed E-state index contributed by atoms with van der Waals surface area (Å²) in [6.07, 6.45) is -13.3. The summed E-state index contributed by atoms with van der Waals surface area (Å²) in [6.45, 7) is 4.92. The van der Waals surface area contributed by atoms with Crippen molar-refractivity contribution in [2.24, 2.45) is 40.4 Å². The van der Waals surface area contributed by atoms with E-state index in [0.717, 1.165) is 0 Å². The molecular weight excluding hydrogens is 678 g/mol. The molecule has 0 amide bonds. The summed E-state index contributed by atoms with van der Waals surface area (Å²) in [6, 6.07) is 0. The van der Waals surface area contributed by atoms with Crippen LogP contribution in [0.4, 0.5) is 61.5 Å². The Morgan fingerprint density at radius 2 is 1.13 bits per heavy atom. The topological polar surface area (TPSA) is 52.6 Å². The first-order chi connectivity index (χ1) is 21.1. The number of hydrogen-bond acceptors (Lipinski definition) is 4. The van der Waals surface area contributed by atoms with Crippen molar-refractivity contribution in [1.82, 2.24) is 0 Å². The Bertz CT molecular complexity index is 1220. The van der Waals surface area contributed by atoms with Crippen LogP contribution < -0.4 is 0 Å². The van der Waals surface area contributed by atoms with E-state index in [0.29, 0.717) is 38.5 Å². The van der Waals surface area contributed by atoms with E-state index in [9.17, 15) is 71.1 Å². The lowest BCUT2D eigenvalue weighted by Gasteiger charge is -2.61. The third-order valence-corrected chi connectivity index (χ3v) is 11.8. The minimum atomic E-state index is -6.70. The molecule has 0 N–H and O–H groups in total. The summed E-state index contributed by atoms with van der Waals surface area (Å²) in [5, 5.41) is 0.